The highest BCUT2D eigenvalue weighted by molar-refractivity contribution is 6.08. The van der Waals surface area contributed by atoms with E-state index < -0.39 is 5.97 Å². The summed E-state index contributed by atoms with van der Waals surface area (Å²) < 4.78 is 5.69. The summed E-state index contributed by atoms with van der Waals surface area (Å²) in [5.74, 6) is 0.0676. The van der Waals surface area contributed by atoms with Gasteiger partial charge in [-0.05, 0) is 24.3 Å². The van der Waals surface area contributed by atoms with Gasteiger partial charge in [-0.25, -0.2) is 0 Å². The van der Waals surface area contributed by atoms with E-state index in [1.54, 1.807) is 48.9 Å². The van der Waals surface area contributed by atoms with Crippen LogP contribution in [0.25, 0.3) is 10.9 Å². The van der Waals surface area contributed by atoms with Gasteiger partial charge in [0.1, 0.15) is 11.5 Å². The van der Waals surface area contributed by atoms with E-state index in [-0.39, 0.29) is 18.6 Å². The van der Waals surface area contributed by atoms with Crippen LogP contribution in [0.2, 0.25) is 0 Å². The topological polar surface area (TPSA) is 92.3 Å². The molecular weight excluding hydrogens is 296 g/mol. The van der Waals surface area contributed by atoms with Crippen LogP contribution in [-0.2, 0) is 4.79 Å². The smallest absolute Gasteiger partial charge is 0.303 e. The zero-order valence-electron chi connectivity index (χ0n) is 12.2. The quantitative estimate of drug-likeness (QED) is 0.681. The average Bonchev–Trinajstić information content (AvgIpc) is 2.97. The maximum Gasteiger partial charge on any atom is 0.303 e. The Bertz CT molecular complexity index is 855. The van der Waals surface area contributed by atoms with Gasteiger partial charge in [-0.2, -0.15) is 0 Å². The molecule has 6 nitrogen and oxygen atoms in total. The summed E-state index contributed by atoms with van der Waals surface area (Å²) in [6.45, 7) is 0. The number of ketones is 1. The Balaban J connectivity index is 1.82. The van der Waals surface area contributed by atoms with E-state index in [9.17, 15) is 9.59 Å². The van der Waals surface area contributed by atoms with Crippen LogP contribution in [0.15, 0.2) is 48.9 Å². The lowest BCUT2D eigenvalue weighted by Crippen LogP contribution is -2.03. The third kappa shape index (κ3) is 3.37. The lowest BCUT2D eigenvalue weighted by Gasteiger charge is -2.05. The maximum atomic E-state index is 12.1. The second kappa shape index (κ2) is 6.31. The molecule has 116 valence electrons. The fraction of sp³-hybridized carbons (Fsp3) is 0.118. The molecule has 1 aromatic carbocycles. The zero-order chi connectivity index (χ0) is 16.2. The van der Waals surface area contributed by atoms with Crippen molar-refractivity contribution in [2.45, 2.75) is 12.8 Å². The van der Waals surface area contributed by atoms with Crippen molar-refractivity contribution in [3.05, 3.63) is 54.5 Å². The summed E-state index contributed by atoms with van der Waals surface area (Å²) in [4.78, 5) is 29.6. The van der Waals surface area contributed by atoms with E-state index in [0.717, 1.165) is 10.9 Å². The molecule has 3 aromatic rings. The Morgan fingerprint density at radius 1 is 1.17 bits per heavy atom. The molecule has 3 rings (SSSR count). The first-order valence-electron chi connectivity index (χ1n) is 7.07. The standard InChI is InChI=1S/C17H14N2O4/c20-16(5-6-17(21)22)14-10-19-15-8-11(3-4-13(14)15)23-12-2-1-7-18-9-12/h1-4,7-10,19H,5-6H2,(H,21,22). The molecule has 0 amide bonds. The summed E-state index contributed by atoms with van der Waals surface area (Å²) >= 11 is 0. The Morgan fingerprint density at radius 3 is 2.78 bits per heavy atom. The molecule has 0 atom stereocenters. The Morgan fingerprint density at radius 2 is 2.04 bits per heavy atom. The second-order valence-electron chi connectivity index (χ2n) is 5.02. The third-order valence-electron chi connectivity index (χ3n) is 3.39. The van der Waals surface area contributed by atoms with Crippen LogP contribution in [0, 0.1) is 0 Å². The number of rotatable bonds is 6. The lowest BCUT2D eigenvalue weighted by atomic mass is 10.1. The summed E-state index contributed by atoms with van der Waals surface area (Å²) in [7, 11) is 0. The number of benzene rings is 1. The molecule has 0 unspecified atom stereocenters. The van der Waals surface area contributed by atoms with Crippen LogP contribution in [0.4, 0.5) is 0 Å². The number of nitrogens with zero attached hydrogens (tertiary/aromatic N) is 1. The number of aliphatic carboxylic acids is 1. The second-order valence-corrected chi connectivity index (χ2v) is 5.02. The third-order valence-corrected chi connectivity index (χ3v) is 3.39. The number of H-pyrrole nitrogens is 1. The van der Waals surface area contributed by atoms with Gasteiger partial charge in [0.15, 0.2) is 5.78 Å². The fourth-order valence-electron chi connectivity index (χ4n) is 2.30. The number of pyridine rings is 1. The van der Waals surface area contributed by atoms with Crippen LogP contribution in [0.1, 0.15) is 23.2 Å². The summed E-state index contributed by atoms with van der Waals surface area (Å²) in [5.41, 5.74) is 1.25. The number of hydrogen-bond donors (Lipinski definition) is 2. The first-order valence-corrected chi connectivity index (χ1v) is 7.07. The molecule has 0 saturated heterocycles. The van der Waals surface area contributed by atoms with E-state index in [2.05, 4.69) is 9.97 Å². The number of carbonyl (C=O) groups is 2. The number of aromatic amines is 1. The van der Waals surface area contributed by atoms with Gasteiger partial charge >= 0.3 is 5.97 Å². The number of carboxylic acids is 1. The molecule has 2 N–H and O–H groups in total. The van der Waals surface area contributed by atoms with Gasteiger partial charge in [0.25, 0.3) is 0 Å². The SMILES string of the molecule is O=C(O)CCC(=O)c1c[nH]c2cc(Oc3cccnc3)ccc12. The fourth-order valence-corrected chi connectivity index (χ4v) is 2.30. The van der Waals surface area contributed by atoms with Crippen LogP contribution >= 0.6 is 0 Å². The number of aromatic nitrogens is 2. The normalized spacial score (nSPS) is 10.6. The highest BCUT2D eigenvalue weighted by atomic mass is 16.5. The minimum absolute atomic E-state index is 0.0176. The van der Waals surface area contributed by atoms with Gasteiger partial charge in [0, 0.05) is 41.3 Å². The first-order chi connectivity index (χ1) is 11.1. The maximum absolute atomic E-state index is 12.1. The van der Waals surface area contributed by atoms with Crippen LogP contribution in [0.3, 0.4) is 0 Å². The molecule has 0 aliphatic carbocycles. The van der Waals surface area contributed by atoms with Crippen LogP contribution < -0.4 is 4.74 Å². The Labute approximate surface area is 131 Å². The van der Waals surface area contributed by atoms with Gasteiger partial charge in [-0.3, -0.25) is 14.6 Å². The van der Waals surface area contributed by atoms with E-state index >= 15 is 0 Å². The number of nitrogens with one attached hydrogen (secondary N) is 1. The van der Waals surface area contributed by atoms with Gasteiger partial charge in [-0.1, -0.05) is 0 Å². The lowest BCUT2D eigenvalue weighted by molar-refractivity contribution is -0.136. The van der Waals surface area contributed by atoms with Gasteiger partial charge in [0.2, 0.25) is 0 Å². The molecule has 0 aliphatic rings. The van der Waals surface area contributed by atoms with Crippen LogP contribution in [0.5, 0.6) is 11.5 Å². The minimum atomic E-state index is -0.981. The number of fused-ring (bicyclic) bond motifs is 1. The number of carbonyl (C=O) groups excluding carboxylic acids is 1. The first kappa shape index (κ1) is 14.8. The molecule has 0 aliphatic heterocycles. The molecule has 0 spiro atoms. The van der Waals surface area contributed by atoms with E-state index in [1.807, 2.05) is 0 Å². The number of Topliss-reactive ketones (excluding diaryl/α,β-unsaturated/α-hetero) is 1. The van der Waals surface area contributed by atoms with Crippen molar-refractivity contribution in [3.8, 4) is 11.5 Å². The van der Waals surface area contributed by atoms with Crippen molar-refractivity contribution in [2.24, 2.45) is 0 Å². The van der Waals surface area contributed by atoms with E-state index in [1.165, 1.54) is 0 Å². The van der Waals surface area contributed by atoms with Gasteiger partial charge in [-0.15, -0.1) is 0 Å². The Hall–Kier alpha value is -3.15. The van der Waals surface area contributed by atoms with Crippen molar-refractivity contribution < 1.29 is 19.4 Å². The predicted molar refractivity (Wildman–Crippen MR) is 83.8 cm³/mol. The van der Waals surface area contributed by atoms with Crippen molar-refractivity contribution in [2.75, 3.05) is 0 Å². The average molecular weight is 310 g/mol. The molecule has 0 fully saturated rings. The highest BCUT2D eigenvalue weighted by Gasteiger charge is 2.14. The largest absolute Gasteiger partial charge is 0.481 e. The zero-order valence-corrected chi connectivity index (χ0v) is 12.2. The molecule has 2 aromatic heterocycles. The van der Waals surface area contributed by atoms with Crippen molar-refractivity contribution in [1.29, 1.82) is 0 Å². The van der Waals surface area contributed by atoms with Crippen molar-refractivity contribution in [1.82, 2.24) is 9.97 Å². The minimum Gasteiger partial charge on any atom is -0.481 e. The summed E-state index contributed by atoms with van der Waals surface area (Å²) in [5, 5.41) is 9.42. The molecule has 0 radical (unpaired) electrons. The number of carboxylic acid groups (broad SMARTS) is 1. The molecule has 0 bridgehead atoms. The van der Waals surface area contributed by atoms with Crippen LogP contribution in [-0.4, -0.2) is 26.8 Å². The van der Waals surface area contributed by atoms with E-state index in [4.69, 9.17) is 9.84 Å². The highest BCUT2D eigenvalue weighted by Crippen LogP contribution is 2.27. The monoisotopic (exact) mass is 310 g/mol. The number of hydrogen-bond acceptors (Lipinski definition) is 4. The molecule has 6 heteroatoms. The number of ether oxygens (including phenoxy) is 1. The van der Waals surface area contributed by atoms with Crippen molar-refractivity contribution in [3.63, 3.8) is 0 Å². The summed E-state index contributed by atoms with van der Waals surface area (Å²) in [6.07, 6.45) is 4.68. The molecule has 2 heterocycles. The molecule has 0 saturated carbocycles. The Kier molecular flexibility index (Phi) is 4.05. The summed E-state index contributed by atoms with van der Waals surface area (Å²) in [6, 6.07) is 8.91. The van der Waals surface area contributed by atoms with Crippen molar-refractivity contribution >= 4 is 22.7 Å². The predicted octanol–water partition coefficient (Wildman–Crippen LogP) is 3.40. The van der Waals surface area contributed by atoms with Gasteiger partial charge in [0.05, 0.1) is 12.6 Å². The molecule has 23 heavy (non-hydrogen) atoms. The van der Waals surface area contributed by atoms with Gasteiger partial charge < -0.3 is 14.8 Å². The van der Waals surface area contributed by atoms with E-state index in [0.29, 0.717) is 17.1 Å². The molecular formula is C17H14N2O4.